The molecule has 3 aromatic rings. The van der Waals surface area contributed by atoms with E-state index in [0.29, 0.717) is 22.8 Å². The molecule has 1 heterocycles. The van der Waals surface area contributed by atoms with Crippen LogP contribution in [0, 0.1) is 19.7 Å². The van der Waals surface area contributed by atoms with Gasteiger partial charge >= 0.3 is 0 Å². The van der Waals surface area contributed by atoms with Crippen LogP contribution >= 0.6 is 11.6 Å². The number of amides is 1. The Bertz CT molecular complexity index is 1060. The zero-order chi connectivity index (χ0) is 21.7. The topological polar surface area (TPSA) is 71.3 Å². The Morgan fingerprint density at radius 1 is 1.13 bits per heavy atom. The van der Waals surface area contributed by atoms with E-state index in [1.54, 1.807) is 36.4 Å². The van der Waals surface area contributed by atoms with Crippen molar-refractivity contribution in [2.45, 2.75) is 33.9 Å². The maximum atomic E-state index is 13.2. The summed E-state index contributed by atoms with van der Waals surface area (Å²) < 4.78 is 15.2. The smallest absolute Gasteiger partial charge is 0.257 e. The molecule has 0 radical (unpaired) electrons. The predicted molar refractivity (Wildman–Crippen MR) is 117 cm³/mol. The van der Waals surface area contributed by atoms with E-state index in [-0.39, 0.29) is 17.7 Å². The molecule has 0 unspecified atom stereocenters. The lowest BCUT2D eigenvalue weighted by molar-refractivity contribution is 0.0977. The van der Waals surface area contributed by atoms with Crippen LogP contribution in [0.2, 0.25) is 5.02 Å². The Morgan fingerprint density at radius 2 is 1.80 bits per heavy atom. The third kappa shape index (κ3) is 5.24. The molecule has 0 atom stereocenters. The first-order valence-corrected chi connectivity index (χ1v) is 9.92. The van der Waals surface area contributed by atoms with Gasteiger partial charge in [-0.1, -0.05) is 11.6 Å². The van der Waals surface area contributed by atoms with Crippen LogP contribution in [0.1, 0.15) is 34.2 Å². The number of aromatic nitrogens is 2. The Balaban J connectivity index is 1.85. The van der Waals surface area contributed by atoms with Gasteiger partial charge in [0, 0.05) is 34.1 Å². The number of aryl methyl sites for hydroxylation is 2. The molecule has 0 aliphatic carbocycles. The number of nitrogens with zero attached hydrogens (tertiary/aromatic N) is 3. The first-order chi connectivity index (χ1) is 14.4. The van der Waals surface area contributed by atoms with Crippen LogP contribution in [0.25, 0.3) is 0 Å². The van der Waals surface area contributed by atoms with Gasteiger partial charge in [0.05, 0.1) is 12.2 Å². The third-order valence-electron chi connectivity index (χ3n) is 4.67. The highest BCUT2D eigenvalue weighted by molar-refractivity contribution is 6.30. The van der Waals surface area contributed by atoms with Crippen LogP contribution in [0.4, 0.5) is 10.1 Å². The number of benzene rings is 2. The summed E-state index contributed by atoms with van der Waals surface area (Å²) in [6.45, 7) is 7.06. The Hall–Kier alpha value is -3.19. The van der Waals surface area contributed by atoms with E-state index in [9.17, 15) is 9.18 Å². The summed E-state index contributed by atoms with van der Waals surface area (Å²) in [6, 6.07) is 12.4. The van der Waals surface area contributed by atoms with Gasteiger partial charge < -0.3 is 5.32 Å². The van der Waals surface area contributed by atoms with Crippen molar-refractivity contribution in [3.63, 3.8) is 0 Å². The highest BCUT2D eigenvalue weighted by Gasteiger charge is 2.13. The van der Waals surface area contributed by atoms with Crippen LogP contribution in [-0.2, 0) is 13.1 Å². The molecule has 2 aromatic carbocycles. The van der Waals surface area contributed by atoms with Crippen molar-refractivity contribution in [3.8, 4) is 0 Å². The van der Waals surface area contributed by atoms with E-state index in [4.69, 9.17) is 11.6 Å². The maximum absolute atomic E-state index is 13.2. The molecule has 3 rings (SSSR count). The number of aliphatic imine (C=N–C) groups is 1. The lowest BCUT2D eigenvalue weighted by atomic mass is 10.2. The largest absolute Gasteiger partial charge is 0.326 e. The van der Waals surface area contributed by atoms with Gasteiger partial charge in [-0.15, -0.1) is 0 Å². The third-order valence-corrected chi connectivity index (χ3v) is 4.92. The summed E-state index contributed by atoms with van der Waals surface area (Å²) in [5.41, 5.74) is 3.96. The molecule has 6 nitrogen and oxygen atoms in total. The zero-order valence-corrected chi connectivity index (χ0v) is 17.8. The Kier molecular flexibility index (Phi) is 6.84. The molecule has 156 valence electrons. The molecule has 0 saturated heterocycles. The summed E-state index contributed by atoms with van der Waals surface area (Å²) in [7, 11) is 0. The van der Waals surface area contributed by atoms with Crippen molar-refractivity contribution in [2.24, 2.45) is 4.99 Å². The number of hydrogen-bond acceptors (Lipinski definition) is 3. The molecule has 1 aromatic heterocycles. The SMILES string of the molecule is CCn1nc(C)c(CN=C(NC(=O)c2ccc(Cl)cc2)Nc2ccc(F)cc2)c1C. The fourth-order valence-corrected chi connectivity index (χ4v) is 3.12. The summed E-state index contributed by atoms with van der Waals surface area (Å²) in [4.78, 5) is 17.2. The quantitative estimate of drug-likeness (QED) is 0.457. The molecule has 2 N–H and O–H groups in total. The molecule has 0 bridgehead atoms. The molecule has 0 aliphatic rings. The number of carbonyl (C=O) groups excluding carboxylic acids is 1. The lowest BCUT2D eigenvalue weighted by Gasteiger charge is -2.12. The van der Waals surface area contributed by atoms with Gasteiger partial charge in [-0.25, -0.2) is 9.38 Å². The van der Waals surface area contributed by atoms with Gasteiger partial charge in [0.25, 0.3) is 5.91 Å². The molecule has 8 heteroatoms. The minimum absolute atomic E-state index is 0.254. The molecule has 30 heavy (non-hydrogen) atoms. The average molecular weight is 428 g/mol. The van der Waals surface area contributed by atoms with Gasteiger partial charge in [0.1, 0.15) is 5.82 Å². The average Bonchev–Trinajstić information content (AvgIpc) is 3.01. The Labute approximate surface area is 179 Å². The van der Waals surface area contributed by atoms with Crippen molar-refractivity contribution in [2.75, 3.05) is 5.32 Å². The van der Waals surface area contributed by atoms with Gasteiger partial charge in [-0.2, -0.15) is 5.10 Å². The minimum atomic E-state index is -0.345. The monoisotopic (exact) mass is 427 g/mol. The van der Waals surface area contributed by atoms with E-state index in [1.807, 2.05) is 25.5 Å². The minimum Gasteiger partial charge on any atom is -0.326 e. The molecule has 0 spiro atoms. The number of hydrogen-bond donors (Lipinski definition) is 2. The highest BCUT2D eigenvalue weighted by atomic mass is 35.5. The van der Waals surface area contributed by atoms with E-state index >= 15 is 0 Å². The first kappa shape index (κ1) is 21.5. The van der Waals surface area contributed by atoms with Gasteiger partial charge in [-0.05, 0) is 69.3 Å². The summed E-state index contributed by atoms with van der Waals surface area (Å²) >= 11 is 5.90. The molecule has 0 fully saturated rings. The molecular weight excluding hydrogens is 405 g/mol. The van der Waals surface area contributed by atoms with Crippen molar-refractivity contribution in [1.29, 1.82) is 0 Å². The Morgan fingerprint density at radius 3 is 2.40 bits per heavy atom. The second-order valence-corrected chi connectivity index (χ2v) is 7.16. The second kappa shape index (κ2) is 9.54. The van der Waals surface area contributed by atoms with Gasteiger partial charge in [0.15, 0.2) is 0 Å². The van der Waals surface area contributed by atoms with Crippen molar-refractivity contribution in [3.05, 3.63) is 81.9 Å². The second-order valence-electron chi connectivity index (χ2n) is 6.72. The fourth-order valence-electron chi connectivity index (χ4n) is 2.99. The van der Waals surface area contributed by atoms with Gasteiger partial charge in [0.2, 0.25) is 5.96 Å². The van der Waals surface area contributed by atoms with E-state index in [2.05, 4.69) is 20.7 Å². The highest BCUT2D eigenvalue weighted by Crippen LogP contribution is 2.15. The standard InChI is InChI=1S/C22H23ClFN5O/c1-4-29-15(3)20(14(2)28-29)13-25-22(26-19-11-9-18(24)10-12-19)27-21(30)16-5-7-17(23)8-6-16/h5-12H,4,13H2,1-3H3,(H2,25,26,27,30). The normalized spacial score (nSPS) is 11.4. The lowest BCUT2D eigenvalue weighted by Crippen LogP contribution is -2.36. The van der Waals surface area contributed by atoms with Crippen LogP contribution in [0.5, 0.6) is 0 Å². The van der Waals surface area contributed by atoms with Crippen LogP contribution in [0.15, 0.2) is 53.5 Å². The summed E-state index contributed by atoms with van der Waals surface area (Å²) in [5.74, 6) is -0.426. The molecule has 0 saturated carbocycles. The summed E-state index contributed by atoms with van der Waals surface area (Å²) in [5, 5.41) is 10.9. The van der Waals surface area contributed by atoms with E-state index in [0.717, 1.165) is 23.5 Å². The number of anilines is 1. The van der Waals surface area contributed by atoms with E-state index < -0.39 is 0 Å². The molecule has 1 amide bonds. The van der Waals surface area contributed by atoms with Crippen molar-refractivity contribution >= 4 is 29.2 Å². The van der Waals surface area contributed by atoms with Crippen LogP contribution in [0.3, 0.4) is 0 Å². The van der Waals surface area contributed by atoms with Gasteiger partial charge in [-0.3, -0.25) is 14.8 Å². The number of carbonyl (C=O) groups is 1. The predicted octanol–water partition coefficient (Wildman–Crippen LogP) is 4.71. The first-order valence-electron chi connectivity index (χ1n) is 9.54. The number of rotatable bonds is 5. The molecular formula is C22H23ClFN5O. The fraction of sp³-hybridized carbons (Fsp3) is 0.227. The van der Waals surface area contributed by atoms with Crippen molar-refractivity contribution in [1.82, 2.24) is 15.1 Å². The molecule has 0 aliphatic heterocycles. The number of nitrogens with one attached hydrogen (secondary N) is 2. The number of halogens is 2. The van der Waals surface area contributed by atoms with Crippen molar-refractivity contribution < 1.29 is 9.18 Å². The maximum Gasteiger partial charge on any atom is 0.257 e. The number of guanidine groups is 1. The van der Waals surface area contributed by atoms with E-state index in [1.165, 1.54) is 12.1 Å². The van der Waals surface area contributed by atoms with Crippen LogP contribution < -0.4 is 10.6 Å². The zero-order valence-electron chi connectivity index (χ0n) is 17.0. The van der Waals surface area contributed by atoms with Crippen LogP contribution in [-0.4, -0.2) is 21.6 Å². The summed E-state index contributed by atoms with van der Waals surface area (Å²) in [6.07, 6.45) is 0.